The summed E-state index contributed by atoms with van der Waals surface area (Å²) in [6.45, 7) is 10.3. The van der Waals surface area contributed by atoms with Gasteiger partial charge in [0.1, 0.15) is 0 Å². The molecule has 6 heteroatoms. The fraction of sp³-hybridized carbons (Fsp3) is 0.588. The fourth-order valence-corrected chi connectivity index (χ4v) is 2.39. The van der Waals surface area contributed by atoms with E-state index in [0.717, 1.165) is 16.7 Å². The standard InChI is InChI=1S/C17H26N4O2/c1-10(2)15-8-13(17(23)18-7-6-12(5)22)14-9-19-21(11(3)4)16(14)20-15/h8-12,22H,6-7H2,1-5H3,(H,18,23). The average Bonchev–Trinajstić information content (AvgIpc) is 2.89. The summed E-state index contributed by atoms with van der Waals surface area (Å²) >= 11 is 0. The molecule has 0 radical (unpaired) electrons. The Balaban J connectivity index is 2.43. The van der Waals surface area contributed by atoms with Crippen LogP contribution in [0.25, 0.3) is 11.0 Å². The van der Waals surface area contributed by atoms with Gasteiger partial charge in [-0.3, -0.25) is 4.79 Å². The monoisotopic (exact) mass is 318 g/mol. The van der Waals surface area contributed by atoms with Gasteiger partial charge in [-0.05, 0) is 39.2 Å². The number of carbonyl (C=O) groups is 1. The topological polar surface area (TPSA) is 80.0 Å². The Bertz CT molecular complexity index is 689. The largest absolute Gasteiger partial charge is 0.393 e. The van der Waals surface area contributed by atoms with Crippen molar-refractivity contribution in [3.63, 3.8) is 0 Å². The van der Waals surface area contributed by atoms with Gasteiger partial charge in [-0.15, -0.1) is 0 Å². The van der Waals surface area contributed by atoms with Gasteiger partial charge in [0, 0.05) is 18.3 Å². The number of aliphatic hydroxyl groups excluding tert-OH is 1. The number of hydrogen-bond donors (Lipinski definition) is 2. The summed E-state index contributed by atoms with van der Waals surface area (Å²) in [5, 5.41) is 17.3. The third-order valence-corrected chi connectivity index (χ3v) is 3.76. The number of pyridine rings is 1. The van der Waals surface area contributed by atoms with Crippen molar-refractivity contribution in [2.24, 2.45) is 0 Å². The minimum atomic E-state index is -0.428. The minimum Gasteiger partial charge on any atom is -0.393 e. The smallest absolute Gasteiger partial charge is 0.252 e. The Hall–Kier alpha value is -1.95. The number of amides is 1. The van der Waals surface area contributed by atoms with E-state index in [1.807, 2.05) is 24.6 Å². The fourth-order valence-electron chi connectivity index (χ4n) is 2.39. The maximum absolute atomic E-state index is 12.5. The first-order valence-electron chi connectivity index (χ1n) is 8.15. The van der Waals surface area contributed by atoms with Crippen LogP contribution < -0.4 is 5.32 Å². The van der Waals surface area contributed by atoms with E-state index in [4.69, 9.17) is 0 Å². The first kappa shape index (κ1) is 17.4. The molecule has 0 saturated heterocycles. The average molecular weight is 318 g/mol. The number of aliphatic hydroxyl groups is 1. The second kappa shape index (κ2) is 7.08. The van der Waals surface area contributed by atoms with Crippen molar-refractivity contribution < 1.29 is 9.90 Å². The molecule has 2 aromatic rings. The Morgan fingerprint density at radius 1 is 1.30 bits per heavy atom. The third kappa shape index (κ3) is 3.88. The number of carbonyl (C=O) groups excluding carboxylic acids is 1. The second-order valence-electron chi connectivity index (χ2n) is 6.56. The molecular weight excluding hydrogens is 292 g/mol. The van der Waals surface area contributed by atoms with Crippen molar-refractivity contribution in [1.82, 2.24) is 20.1 Å². The molecule has 1 atom stereocenters. The van der Waals surface area contributed by atoms with Crippen LogP contribution in [0.4, 0.5) is 0 Å². The Kier molecular flexibility index (Phi) is 5.36. The summed E-state index contributed by atoms with van der Waals surface area (Å²) < 4.78 is 1.84. The zero-order chi connectivity index (χ0) is 17.1. The van der Waals surface area contributed by atoms with E-state index in [0.29, 0.717) is 18.5 Å². The van der Waals surface area contributed by atoms with E-state index in [1.54, 1.807) is 13.1 Å². The lowest BCUT2D eigenvalue weighted by Gasteiger charge is -2.12. The molecule has 0 aromatic carbocycles. The predicted molar refractivity (Wildman–Crippen MR) is 90.6 cm³/mol. The highest BCUT2D eigenvalue weighted by Gasteiger charge is 2.18. The lowest BCUT2D eigenvalue weighted by molar-refractivity contribution is 0.0947. The van der Waals surface area contributed by atoms with Gasteiger partial charge in [0.15, 0.2) is 5.65 Å². The Morgan fingerprint density at radius 3 is 2.57 bits per heavy atom. The molecule has 6 nitrogen and oxygen atoms in total. The van der Waals surface area contributed by atoms with E-state index in [-0.39, 0.29) is 17.9 Å². The molecule has 0 aliphatic carbocycles. The molecule has 2 heterocycles. The van der Waals surface area contributed by atoms with E-state index >= 15 is 0 Å². The van der Waals surface area contributed by atoms with Crippen molar-refractivity contribution >= 4 is 16.9 Å². The van der Waals surface area contributed by atoms with Crippen LogP contribution in [0.3, 0.4) is 0 Å². The molecule has 1 unspecified atom stereocenters. The molecule has 2 aromatic heterocycles. The highest BCUT2D eigenvalue weighted by molar-refractivity contribution is 6.05. The lowest BCUT2D eigenvalue weighted by atomic mass is 10.0. The number of rotatable bonds is 6. The van der Waals surface area contributed by atoms with Crippen LogP contribution >= 0.6 is 0 Å². The van der Waals surface area contributed by atoms with E-state index < -0.39 is 6.10 Å². The van der Waals surface area contributed by atoms with Crippen molar-refractivity contribution in [2.45, 2.75) is 59.1 Å². The van der Waals surface area contributed by atoms with Gasteiger partial charge < -0.3 is 10.4 Å². The summed E-state index contributed by atoms with van der Waals surface area (Å²) in [6, 6.07) is 2.02. The maximum atomic E-state index is 12.5. The summed E-state index contributed by atoms with van der Waals surface area (Å²) in [7, 11) is 0. The Labute approximate surface area is 136 Å². The van der Waals surface area contributed by atoms with Crippen LogP contribution in [0.1, 0.15) is 69.1 Å². The van der Waals surface area contributed by atoms with Crippen LogP contribution in [0, 0.1) is 0 Å². The van der Waals surface area contributed by atoms with E-state index in [2.05, 4.69) is 29.2 Å². The molecule has 126 valence electrons. The van der Waals surface area contributed by atoms with Gasteiger partial charge in [-0.25, -0.2) is 9.67 Å². The normalized spacial score (nSPS) is 13.0. The SMILES string of the molecule is CC(O)CCNC(=O)c1cc(C(C)C)nc2c1cnn2C(C)C. The maximum Gasteiger partial charge on any atom is 0.252 e. The summed E-state index contributed by atoms with van der Waals surface area (Å²) in [5.41, 5.74) is 2.21. The third-order valence-electron chi connectivity index (χ3n) is 3.76. The molecule has 0 bridgehead atoms. The van der Waals surface area contributed by atoms with Gasteiger partial charge in [-0.2, -0.15) is 5.10 Å². The number of nitrogens with zero attached hydrogens (tertiary/aromatic N) is 3. The first-order chi connectivity index (χ1) is 10.8. The molecule has 0 spiro atoms. The minimum absolute atomic E-state index is 0.150. The molecule has 0 fully saturated rings. The summed E-state index contributed by atoms with van der Waals surface area (Å²) in [4.78, 5) is 17.2. The number of aromatic nitrogens is 3. The zero-order valence-electron chi connectivity index (χ0n) is 14.5. The Morgan fingerprint density at radius 2 is 2.00 bits per heavy atom. The van der Waals surface area contributed by atoms with Gasteiger partial charge in [0.05, 0.1) is 23.3 Å². The molecular formula is C17H26N4O2. The number of hydrogen-bond acceptors (Lipinski definition) is 4. The second-order valence-corrected chi connectivity index (χ2v) is 6.56. The molecule has 23 heavy (non-hydrogen) atoms. The molecule has 0 saturated carbocycles. The highest BCUT2D eigenvalue weighted by atomic mass is 16.3. The number of fused-ring (bicyclic) bond motifs is 1. The summed E-state index contributed by atoms with van der Waals surface area (Å²) in [5.74, 6) is 0.0715. The first-order valence-corrected chi connectivity index (χ1v) is 8.15. The van der Waals surface area contributed by atoms with Gasteiger partial charge in [-0.1, -0.05) is 13.8 Å². The van der Waals surface area contributed by atoms with Gasteiger partial charge in [0.25, 0.3) is 5.91 Å². The van der Waals surface area contributed by atoms with E-state index in [9.17, 15) is 9.90 Å². The van der Waals surface area contributed by atoms with Crippen molar-refractivity contribution in [3.05, 3.63) is 23.5 Å². The van der Waals surface area contributed by atoms with Crippen LogP contribution in [0.2, 0.25) is 0 Å². The predicted octanol–water partition coefficient (Wildman–Crippen LogP) is 2.64. The van der Waals surface area contributed by atoms with Gasteiger partial charge >= 0.3 is 0 Å². The molecule has 2 rings (SSSR count). The van der Waals surface area contributed by atoms with Crippen LogP contribution in [-0.4, -0.2) is 38.4 Å². The zero-order valence-corrected chi connectivity index (χ0v) is 14.5. The van der Waals surface area contributed by atoms with Crippen LogP contribution in [0.15, 0.2) is 12.3 Å². The summed E-state index contributed by atoms with van der Waals surface area (Å²) in [6.07, 6.45) is 1.81. The molecule has 0 aliphatic heterocycles. The highest BCUT2D eigenvalue weighted by Crippen LogP contribution is 2.24. The van der Waals surface area contributed by atoms with E-state index in [1.165, 1.54) is 0 Å². The van der Waals surface area contributed by atoms with Gasteiger partial charge in [0.2, 0.25) is 0 Å². The lowest BCUT2D eigenvalue weighted by Crippen LogP contribution is -2.27. The van der Waals surface area contributed by atoms with Crippen LogP contribution in [0.5, 0.6) is 0 Å². The van der Waals surface area contributed by atoms with Crippen molar-refractivity contribution in [3.8, 4) is 0 Å². The van der Waals surface area contributed by atoms with Crippen LogP contribution in [-0.2, 0) is 0 Å². The van der Waals surface area contributed by atoms with Crippen molar-refractivity contribution in [1.29, 1.82) is 0 Å². The number of nitrogens with one attached hydrogen (secondary N) is 1. The quantitative estimate of drug-likeness (QED) is 0.858. The molecule has 0 aliphatic rings. The molecule has 1 amide bonds. The van der Waals surface area contributed by atoms with Crippen molar-refractivity contribution in [2.75, 3.05) is 6.54 Å². The molecule has 2 N–H and O–H groups in total.